The lowest BCUT2D eigenvalue weighted by Crippen LogP contribution is -2.34. The third kappa shape index (κ3) is 5.41. The lowest BCUT2D eigenvalue weighted by Gasteiger charge is -2.29. The lowest BCUT2D eigenvalue weighted by atomic mass is 9.98. The van der Waals surface area contributed by atoms with Crippen molar-refractivity contribution in [2.45, 2.75) is 24.3 Å². The molecule has 3 aromatic carbocycles. The molecule has 1 aliphatic heterocycles. The minimum atomic E-state index is -3.74. The minimum Gasteiger partial charge on any atom is -0.493 e. The van der Waals surface area contributed by atoms with E-state index in [1.54, 1.807) is 38.5 Å². The van der Waals surface area contributed by atoms with Crippen molar-refractivity contribution in [3.8, 4) is 11.5 Å². The Labute approximate surface area is 200 Å². The summed E-state index contributed by atoms with van der Waals surface area (Å²) in [7, 11) is -0.477. The Balaban J connectivity index is 0.00000306. The van der Waals surface area contributed by atoms with Gasteiger partial charge in [0.25, 0.3) is 0 Å². The molecule has 4 rings (SSSR count). The number of hydrogen-bond acceptors (Lipinski definition) is 5. The normalized spacial score (nSPS) is 13.9. The smallest absolute Gasteiger partial charge is 0.241 e. The summed E-state index contributed by atoms with van der Waals surface area (Å²) in [5.41, 5.74) is 2.45. The molecule has 0 unspecified atom stereocenters. The molecule has 9 heteroatoms. The van der Waals surface area contributed by atoms with Gasteiger partial charge in [-0.25, -0.2) is 17.5 Å². The zero-order valence-electron chi connectivity index (χ0n) is 18.6. The van der Waals surface area contributed by atoms with E-state index in [2.05, 4.69) is 9.62 Å². The Morgan fingerprint density at radius 2 is 1.67 bits per heavy atom. The molecule has 0 spiro atoms. The number of sulfonamides is 1. The van der Waals surface area contributed by atoms with E-state index in [0.29, 0.717) is 29.5 Å². The van der Waals surface area contributed by atoms with Crippen molar-refractivity contribution in [3.63, 3.8) is 0 Å². The summed E-state index contributed by atoms with van der Waals surface area (Å²) < 4.78 is 53.1. The van der Waals surface area contributed by atoms with E-state index in [1.165, 1.54) is 23.3 Å². The van der Waals surface area contributed by atoms with Crippen LogP contribution in [0.25, 0.3) is 10.8 Å². The number of hydrogen-bond donors (Lipinski definition) is 1. The van der Waals surface area contributed by atoms with Gasteiger partial charge in [0.15, 0.2) is 11.5 Å². The number of benzene rings is 3. The van der Waals surface area contributed by atoms with Crippen LogP contribution in [0.5, 0.6) is 11.5 Å². The van der Waals surface area contributed by atoms with E-state index in [1.807, 2.05) is 12.1 Å². The second-order valence-electron chi connectivity index (χ2n) is 7.84. The van der Waals surface area contributed by atoms with Crippen LogP contribution >= 0.6 is 12.4 Å². The Bertz CT molecular complexity index is 1240. The Hall–Kier alpha value is -2.39. The van der Waals surface area contributed by atoms with Crippen LogP contribution in [-0.4, -0.2) is 47.2 Å². The number of halogens is 2. The first-order valence-corrected chi connectivity index (χ1v) is 12.0. The van der Waals surface area contributed by atoms with Crippen molar-refractivity contribution in [1.29, 1.82) is 0 Å². The van der Waals surface area contributed by atoms with E-state index in [-0.39, 0.29) is 17.3 Å². The standard InChI is InChI=1S/C24H27FN2O4S.ClH/c1-30-22-14-17-10-13-27(16-18(17)15-23(22)31-2)12-5-11-26-32(28,29)24-9-8-21(25)19-6-3-4-7-20(19)24;/h3-4,6-9,14-15,26H,5,10-13,16H2,1-2H3;1H. The van der Waals surface area contributed by atoms with Gasteiger partial charge in [0.2, 0.25) is 10.0 Å². The number of methoxy groups -OCH3 is 2. The molecule has 0 bridgehead atoms. The molecule has 1 aliphatic rings. The summed E-state index contributed by atoms with van der Waals surface area (Å²) in [6, 6.07) is 13.2. The quantitative estimate of drug-likeness (QED) is 0.477. The molecule has 0 aliphatic carbocycles. The fourth-order valence-electron chi connectivity index (χ4n) is 4.19. The third-order valence-electron chi connectivity index (χ3n) is 5.86. The Kier molecular flexibility index (Phi) is 8.18. The molecule has 0 saturated carbocycles. The highest BCUT2D eigenvalue weighted by Crippen LogP contribution is 2.33. The Morgan fingerprint density at radius 3 is 2.36 bits per heavy atom. The van der Waals surface area contributed by atoms with Crippen molar-refractivity contribution in [2.24, 2.45) is 0 Å². The van der Waals surface area contributed by atoms with Crippen LogP contribution in [0.15, 0.2) is 53.4 Å². The van der Waals surface area contributed by atoms with Crippen molar-refractivity contribution in [3.05, 3.63) is 65.5 Å². The lowest BCUT2D eigenvalue weighted by molar-refractivity contribution is 0.250. The fourth-order valence-corrected chi connectivity index (χ4v) is 5.47. The van der Waals surface area contributed by atoms with Crippen LogP contribution in [0.3, 0.4) is 0 Å². The van der Waals surface area contributed by atoms with Crippen molar-refractivity contribution >= 4 is 33.2 Å². The second-order valence-corrected chi connectivity index (χ2v) is 9.58. The maximum absolute atomic E-state index is 14.0. The topological polar surface area (TPSA) is 67.9 Å². The van der Waals surface area contributed by atoms with Gasteiger partial charge >= 0.3 is 0 Å². The zero-order valence-corrected chi connectivity index (χ0v) is 20.3. The summed E-state index contributed by atoms with van der Waals surface area (Å²) >= 11 is 0. The first-order valence-electron chi connectivity index (χ1n) is 10.6. The summed E-state index contributed by atoms with van der Waals surface area (Å²) in [6.45, 7) is 2.76. The van der Waals surface area contributed by atoms with Gasteiger partial charge in [-0.05, 0) is 54.8 Å². The summed E-state index contributed by atoms with van der Waals surface area (Å²) in [6.07, 6.45) is 1.57. The van der Waals surface area contributed by atoms with Crippen molar-refractivity contribution < 1.29 is 22.3 Å². The van der Waals surface area contributed by atoms with Gasteiger partial charge in [0, 0.05) is 30.4 Å². The van der Waals surface area contributed by atoms with Gasteiger partial charge in [0.05, 0.1) is 19.1 Å². The second kappa shape index (κ2) is 10.7. The molecule has 33 heavy (non-hydrogen) atoms. The first-order chi connectivity index (χ1) is 15.4. The number of rotatable bonds is 8. The van der Waals surface area contributed by atoms with Gasteiger partial charge in [-0.15, -0.1) is 12.4 Å². The largest absolute Gasteiger partial charge is 0.493 e. The highest BCUT2D eigenvalue weighted by molar-refractivity contribution is 7.89. The van der Waals surface area contributed by atoms with Crippen LogP contribution in [-0.2, 0) is 23.0 Å². The van der Waals surface area contributed by atoms with E-state index in [4.69, 9.17) is 9.47 Å². The number of nitrogens with zero attached hydrogens (tertiary/aromatic N) is 1. The zero-order chi connectivity index (χ0) is 22.7. The maximum Gasteiger partial charge on any atom is 0.241 e. The molecule has 3 aromatic rings. The summed E-state index contributed by atoms with van der Waals surface area (Å²) in [5.74, 6) is 1.02. The van der Waals surface area contributed by atoms with Gasteiger partial charge in [-0.3, -0.25) is 4.90 Å². The molecule has 0 saturated heterocycles. The molecule has 0 atom stereocenters. The number of nitrogens with one attached hydrogen (secondary N) is 1. The van der Waals surface area contributed by atoms with E-state index < -0.39 is 15.8 Å². The third-order valence-corrected chi connectivity index (χ3v) is 7.38. The number of ether oxygens (including phenoxy) is 2. The van der Waals surface area contributed by atoms with Gasteiger partial charge in [0.1, 0.15) is 5.82 Å². The minimum absolute atomic E-state index is 0. The molecule has 1 N–H and O–H groups in total. The SMILES string of the molecule is COc1cc2c(cc1OC)CN(CCCNS(=O)(=O)c1ccc(F)c3ccccc13)CC2.Cl. The van der Waals surface area contributed by atoms with Crippen LogP contribution in [0, 0.1) is 5.82 Å². The average molecular weight is 495 g/mol. The van der Waals surface area contributed by atoms with Gasteiger partial charge in [-0.2, -0.15) is 0 Å². The molecule has 178 valence electrons. The summed E-state index contributed by atoms with van der Waals surface area (Å²) in [4.78, 5) is 2.40. The molecule has 0 radical (unpaired) electrons. The molecule has 1 heterocycles. The van der Waals surface area contributed by atoms with Crippen molar-refractivity contribution in [1.82, 2.24) is 9.62 Å². The van der Waals surface area contributed by atoms with Crippen LogP contribution in [0.1, 0.15) is 17.5 Å². The van der Waals surface area contributed by atoms with E-state index in [0.717, 1.165) is 31.8 Å². The molecule has 0 amide bonds. The molecule has 6 nitrogen and oxygen atoms in total. The van der Waals surface area contributed by atoms with E-state index >= 15 is 0 Å². The molecular formula is C24H28ClFN2O4S. The molecule has 0 aromatic heterocycles. The number of fused-ring (bicyclic) bond motifs is 2. The maximum atomic E-state index is 14.0. The molecule has 0 fully saturated rings. The highest BCUT2D eigenvalue weighted by atomic mass is 35.5. The first kappa shape index (κ1) is 25.2. The predicted molar refractivity (Wildman–Crippen MR) is 129 cm³/mol. The van der Waals surface area contributed by atoms with Gasteiger partial charge < -0.3 is 9.47 Å². The van der Waals surface area contributed by atoms with Crippen LogP contribution in [0.2, 0.25) is 0 Å². The van der Waals surface area contributed by atoms with Crippen LogP contribution in [0.4, 0.5) is 4.39 Å². The van der Waals surface area contributed by atoms with E-state index in [9.17, 15) is 12.8 Å². The molecular weight excluding hydrogens is 467 g/mol. The predicted octanol–water partition coefficient (Wildman–Crippen LogP) is 4.14. The Morgan fingerprint density at radius 1 is 1.00 bits per heavy atom. The average Bonchev–Trinajstić information content (AvgIpc) is 2.81. The van der Waals surface area contributed by atoms with Gasteiger partial charge in [-0.1, -0.05) is 24.3 Å². The van der Waals surface area contributed by atoms with Crippen molar-refractivity contribution in [2.75, 3.05) is 33.9 Å². The monoisotopic (exact) mass is 494 g/mol. The van der Waals surface area contributed by atoms with Crippen LogP contribution < -0.4 is 14.2 Å². The fraction of sp³-hybridized carbons (Fsp3) is 0.333. The summed E-state index contributed by atoms with van der Waals surface area (Å²) in [5, 5.41) is 0.687. The highest BCUT2D eigenvalue weighted by Gasteiger charge is 2.21.